The summed E-state index contributed by atoms with van der Waals surface area (Å²) in [5.74, 6) is 0.413. The highest BCUT2D eigenvalue weighted by Crippen LogP contribution is 2.21. The molecule has 1 aromatic carbocycles. The third-order valence-electron chi connectivity index (χ3n) is 2.88. The minimum absolute atomic E-state index is 0.292. The topological polar surface area (TPSA) is 114 Å². The Kier molecular flexibility index (Phi) is 5.95. The lowest BCUT2D eigenvalue weighted by molar-refractivity contribution is 0.0962. The van der Waals surface area contributed by atoms with Crippen molar-refractivity contribution in [1.29, 1.82) is 0 Å². The van der Waals surface area contributed by atoms with Gasteiger partial charge in [-0.2, -0.15) is 0 Å². The largest absolute Gasteiger partial charge is 0.393 e. The number of halogens is 1. The molecule has 5 N–H and O–H groups in total. The van der Waals surface area contributed by atoms with E-state index in [4.69, 9.17) is 22.1 Å². The summed E-state index contributed by atoms with van der Waals surface area (Å²) in [6.45, 7) is 1.06. The van der Waals surface area contributed by atoms with Crippen LogP contribution in [0.3, 0.4) is 0 Å². The molecule has 0 spiro atoms. The fourth-order valence-corrected chi connectivity index (χ4v) is 1.82. The first-order valence-corrected chi connectivity index (χ1v) is 7.15. The van der Waals surface area contributed by atoms with Crippen molar-refractivity contribution in [2.24, 2.45) is 0 Å². The molecular weight excluding hydrogens is 320 g/mol. The molecule has 0 aliphatic heterocycles. The van der Waals surface area contributed by atoms with E-state index in [1.165, 1.54) is 6.33 Å². The van der Waals surface area contributed by atoms with Crippen molar-refractivity contribution in [1.82, 2.24) is 15.4 Å². The molecule has 8 nitrogen and oxygen atoms in total. The van der Waals surface area contributed by atoms with E-state index in [9.17, 15) is 4.79 Å². The number of anilines is 3. The van der Waals surface area contributed by atoms with Gasteiger partial charge in [0.05, 0.1) is 6.61 Å². The second kappa shape index (κ2) is 8.16. The van der Waals surface area contributed by atoms with E-state index in [1.807, 2.05) is 0 Å². The van der Waals surface area contributed by atoms with Gasteiger partial charge in [0.25, 0.3) is 5.91 Å². The standard InChI is InChI=1S/C14H17ClN6O2/c1-23-7-6-17-12-11(16)13(19-8-18-12)20-21-14(22)9-2-4-10(15)5-3-9/h2-5,8H,6-7,16H2,1H3,(H,21,22)(H2,17,18,19,20). The number of benzene rings is 1. The summed E-state index contributed by atoms with van der Waals surface area (Å²) < 4.78 is 4.94. The molecular formula is C14H17ClN6O2. The smallest absolute Gasteiger partial charge is 0.269 e. The second-order valence-corrected chi connectivity index (χ2v) is 4.93. The van der Waals surface area contributed by atoms with Crippen LogP contribution in [0.25, 0.3) is 0 Å². The highest BCUT2D eigenvalue weighted by Gasteiger charge is 2.10. The number of amides is 1. The van der Waals surface area contributed by atoms with Crippen LogP contribution < -0.4 is 21.9 Å². The van der Waals surface area contributed by atoms with Gasteiger partial charge in [0.2, 0.25) is 0 Å². The molecule has 0 saturated heterocycles. The molecule has 0 atom stereocenters. The summed E-state index contributed by atoms with van der Waals surface area (Å²) in [6.07, 6.45) is 1.34. The van der Waals surface area contributed by atoms with Gasteiger partial charge >= 0.3 is 0 Å². The van der Waals surface area contributed by atoms with Crippen LogP contribution in [0.15, 0.2) is 30.6 Å². The summed E-state index contributed by atoms with van der Waals surface area (Å²) in [5, 5.41) is 3.57. The number of rotatable bonds is 7. The van der Waals surface area contributed by atoms with Crippen molar-refractivity contribution in [2.75, 3.05) is 36.7 Å². The molecule has 1 amide bonds. The lowest BCUT2D eigenvalue weighted by atomic mass is 10.2. The molecule has 0 aliphatic carbocycles. The maximum absolute atomic E-state index is 12.0. The Balaban J connectivity index is 1.98. The number of methoxy groups -OCH3 is 1. The quantitative estimate of drug-likeness (QED) is 0.447. The first kappa shape index (κ1) is 16.8. The average Bonchev–Trinajstić information content (AvgIpc) is 2.56. The Bertz CT molecular complexity index is 665. The first-order chi connectivity index (χ1) is 11.1. The third-order valence-corrected chi connectivity index (χ3v) is 3.14. The van der Waals surface area contributed by atoms with Gasteiger partial charge in [0, 0.05) is 24.2 Å². The zero-order chi connectivity index (χ0) is 16.7. The Hall–Kier alpha value is -2.58. The number of nitrogens with zero attached hydrogens (tertiary/aromatic N) is 2. The Morgan fingerprint density at radius 1 is 1.26 bits per heavy atom. The molecule has 1 heterocycles. The molecule has 23 heavy (non-hydrogen) atoms. The van der Waals surface area contributed by atoms with Gasteiger partial charge in [-0.3, -0.25) is 15.6 Å². The molecule has 0 radical (unpaired) electrons. The normalized spacial score (nSPS) is 10.2. The van der Waals surface area contributed by atoms with Crippen LogP contribution in [0, 0.1) is 0 Å². The molecule has 0 aliphatic rings. The number of nitrogens with two attached hydrogens (primary N) is 1. The molecule has 0 saturated carbocycles. The number of aromatic nitrogens is 2. The van der Waals surface area contributed by atoms with Gasteiger partial charge in [0.15, 0.2) is 11.6 Å². The van der Waals surface area contributed by atoms with Crippen LogP contribution in [-0.4, -0.2) is 36.1 Å². The number of hydrazine groups is 1. The van der Waals surface area contributed by atoms with Gasteiger partial charge in [0.1, 0.15) is 12.0 Å². The molecule has 2 aromatic rings. The second-order valence-electron chi connectivity index (χ2n) is 4.49. The maximum Gasteiger partial charge on any atom is 0.269 e. The number of carbonyl (C=O) groups excluding carboxylic acids is 1. The summed E-state index contributed by atoms with van der Waals surface area (Å²) >= 11 is 5.78. The Labute approximate surface area is 138 Å². The van der Waals surface area contributed by atoms with E-state index < -0.39 is 0 Å². The fraction of sp³-hybridized carbons (Fsp3) is 0.214. The van der Waals surface area contributed by atoms with Gasteiger partial charge in [-0.1, -0.05) is 11.6 Å². The fourth-order valence-electron chi connectivity index (χ4n) is 1.70. The van der Waals surface area contributed by atoms with E-state index in [0.29, 0.717) is 41.1 Å². The number of carbonyl (C=O) groups is 1. The van der Waals surface area contributed by atoms with Gasteiger partial charge < -0.3 is 15.8 Å². The van der Waals surface area contributed by atoms with Crippen LogP contribution in [0.5, 0.6) is 0 Å². The molecule has 0 unspecified atom stereocenters. The predicted molar refractivity (Wildman–Crippen MR) is 89.4 cm³/mol. The highest BCUT2D eigenvalue weighted by molar-refractivity contribution is 6.30. The van der Waals surface area contributed by atoms with E-state index in [-0.39, 0.29) is 5.91 Å². The van der Waals surface area contributed by atoms with Crippen molar-refractivity contribution >= 4 is 34.8 Å². The van der Waals surface area contributed by atoms with Crippen molar-refractivity contribution in [3.8, 4) is 0 Å². The molecule has 122 valence electrons. The number of nitrogens with one attached hydrogen (secondary N) is 3. The summed E-state index contributed by atoms with van der Waals surface area (Å²) in [5.41, 5.74) is 11.9. The van der Waals surface area contributed by atoms with Gasteiger partial charge in [-0.05, 0) is 24.3 Å². The zero-order valence-corrected chi connectivity index (χ0v) is 13.2. The number of hydrogen-bond donors (Lipinski definition) is 4. The number of ether oxygens (including phenoxy) is 1. The molecule has 2 rings (SSSR count). The van der Waals surface area contributed by atoms with Crippen LogP contribution in [-0.2, 0) is 4.74 Å². The Morgan fingerprint density at radius 3 is 2.65 bits per heavy atom. The summed E-state index contributed by atoms with van der Waals surface area (Å²) in [4.78, 5) is 20.0. The highest BCUT2D eigenvalue weighted by atomic mass is 35.5. The predicted octanol–water partition coefficient (Wildman–Crippen LogP) is 1.53. The third kappa shape index (κ3) is 4.70. The zero-order valence-electron chi connectivity index (χ0n) is 12.5. The van der Waals surface area contributed by atoms with Gasteiger partial charge in [-0.15, -0.1) is 0 Å². The van der Waals surface area contributed by atoms with E-state index in [0.717, 1.165) is 0 Å². The summed E-state index contributed by atoms with van der Waals surface area (Å²) in [6, 6.07) is 6.49. The van der Waals surface area contributed by atoms with Crippen molar-refractivity contribution < 1.29 is 9.53 Å². The molecule has 9 heteroatoms. The van der Waals surface area contributed by atoms with Gasteiger partial charge in [-0.25, -0.2) is 9.97 Å². The van der Waals surface area contributed by atoms with E-state index in [1.54, 1.807) is 31.4 Å². The monoisotopic (exact) mass is 336 g/mol. The van der Waals surface area contributed by atoms with E-state index >= 15 is 0 Å². The minimum Gasteiger partial charge on any atom is -0.393 e. The molecule has 0 fully saturated rings. The average molecular weight is 337 g/mol. The molecule has 0 bridgehead atoms. The van der Waals surface area contributed by atoms with Crippen LogP contribution in [0.1, 0.15) is 10.4 Å². The SMILES string of the molecule is COCCNc1ncnc(NNC(=O)c2ccc(Cl)cc2)c1N. The lowest BCUT2D eigenvalue weighted by Crippen LogP contribution is -2.30. The van der Waals surface area contributed by atoms with Crippen LogP contribution in [0.4, 0.5) is 17.3 Å². The minimum atomic E-state index is -0.339. The van der Waals surface area contributed by atoms with Crippen molar-refractivity contribution in [3.05, 3.63) is 41.2 Å². The lowest BCUT2D eigenvalue weighted by Gasteiger charge is -2.13. The Morgan fingerprint density at radius 2 is 1.96 bits per heavy atom. The number of nitrogen functional groups attached to an aromatic ring is 1. The van der Waals surface area contributed by atoms with Crippen LogP contribution >= 0.6 is 11.6 Å². The van der Waals surface area contributed by atoms with E-state index in [2.05, 4.69) is 26.1 Å². The van der Waals surface area contributed by atoms with Crippen molar-refractivity contribution in [3.63, 3.8) is 0 Å². The maximum atomic E-state index is 12.0. The van der Waals surface area contributed by atoms with Crippen LogP contribution in [0.2, 0.25) is 5.02 Å². The van der Waals surface area contributed by atoms with Crippen molar-refractivity contribution in [2.45, 2.75) is 0 Å². The summed E-state index contributed by atoms with van der Waals surface area (Å²) in [7, 11) is 1.60. The molecule has 1 aromatic heterocycles. The first-order valence-electron chi connectivity index (χ1n) is 6.77. The number of hydrogen-bond acceptors (Lipinski definition) is 7.